The van der Waals surface area contributed by atoms with Crippen molar-refractivity contribution in [1.29, 1.82) is 5.26 Å². The highest BCUT2D eigenvalue weighted by Crippen LogP contribution is 2.45. The number of hydrogen-bond acceptors (Lipinski definition) is 3. The molecule has 1 saturated heterocycles. The minimum atomic E-state index is -0.390. The normalized spacial score (nSPS) is 33.3. The second kappa shape index (κ2) is 3.71. The van der Waals surface area contributed by atoms with Gasteiger partial charge in [-0.25, -0.2) is 0 Å². The van der Waals surface area contributed by atoms with Crippen molar-refractivity contribution in [3.8, 4) is 6.07 Å². The van der Waals surface area contributed by atoms with Crippen LogP contribution in [0.25, 0.3) is 0 Å². The maximum Gasteiger partial charge on any atom is 0.178 e. The Hall–Kier alpha value is -1.14. The monoisotopic (exact) mass is 218 g/mol. The van der Waals surface area contributed by atoms with Gasteiger partial charge in [0.25, 0.3) is 0 Å². The van der Waals surface area contributed by atoms with Crippen molar-refractivity contribution in [3.05, 3.63) is 11.6 Å². The molecule has 2 rings (SSSR count). The zero-order chi connectivity index (χ0) is 11.8. The maximum absolute atomic E-state index is 12.0. The number of nitrogens with one attached hydrogen (secondary N) is 1. The predicted octanol–water partition coefficient (Wildman–Crippen LogP) is 1.81. The minimum Gasteiger partial charge on any atom is -0.316 e. The summed E-state index contributed by atoms with van der Waals surface area (Å²) in [6.07, 6.45) is 4.99. The number of rotatable bonds is 0. The molecule has 1 N–H and O–H groups in total. The van der Waals surface area contributed by atoms with Crippen LogP contribution in [-0.2, 0) is 4.79 Å². The van der Waals surface area contributed by atoms with Gasteiger partial charge in [-0.3, -0.25) is 4.79 Å². The van der Waals surface area contributed by atoms with Gasteiger partial charge in [-0.05, 0) is 25.8 Å². The Bertz CT molecular complexity index is 381. The second-order valence-corrected chi connectivity index (χ2v) is 5.70. The predicted molar refractivity (Wildman–Crippen MR) is 61.6 cm³/mol. The van der Waals surface area contributed by atoms with E-state index in [1.165, 1.54) is 0 Å². The molecule has 0 saturated carbocycles. The second-order valence-electron chi connectivity index (χ2n) is 5.70. The van der Waals surface area contributed by atoms with Gasteiger partial charge < -0.3 is 5.32 Å². The molecule has 3 heteroatoms. The molecule has 86 valence electrons. The number of Topliss-reactive ketones (excluding diaryl/α,β-unsaturated/α-hetero) is 1. The van der Waals surface area contributed by atoms with Gasteiger partial charge in [-0.1, -0.05) is 19.9 Å². The average Bonchev–Trinajstić information content (AvgIpc) is 2.24. The highest BCUT2D eigenvalue weighted by atomic mass is 16.1. The summed E-state index contributed by atoms with van der Waals surface area (Å²) in [4.78, 5) is 12.0. The number of nitriles is 1. The van der Waals surface area contributed by atoms with Crippen LogP contribution in [0.15, 0.2) is 11.6 Å². The molecule has 0 aromatic rings. The lowest BCUT2D eigenvalue weighted by Gasteiger charge is -2.43. The van der Waals surface area contributed by atoms with Crippen LogP contribution in [0.3, 0.4) is 0 Å². The van der Waals surface area contributed by atoms with E-state index in [0.717, 1.165) is 32.4 Å². The summed E-state index contributed by atoms with van der Waals surface area (Å²) in [6, 6.07) is 2.06. The first-order chi connectivity index (χ1) is 7.49. The minimum absolute atomic E-state index is 0.00574. The Morgan fingerprint density at radius 1 is 1.50 bits per heavy atom. The van der Waals surface area contributed by atoms with E-state index < -0.39 is 5.41 Å². The molecular weight excluding hydrogens is 200 g/mol. The van der Waals surface area contributed by atoms with Crippen LogP contribution in [0, 0.1) is 22.2 Å². The topological polar surface area (TPSA) is 52.9 Å². The summed E-state index contributed by atoms with van der Waals surface area (Å²) in [5.41, 5.74) is -0.000486. The Morgan fingerprint density at radius 3 is 2.81 bits per heavy atom. The molecule has 0 aromatic carbocycles. The third-order valence-electron chi connectivity index (χ3n) is 3.73. The molecule has 1 heterocycles. The van der Waals surface area contributed by atoms with Gasteiger partial charge >= 0.3 is 0 Å². The summed E-state index contributed by atoms with van der Waals surface area (Å²) in [6.45, 7) is 5.85. The van der Waals surface area contributed by atoms with Crippen molar-refractivity contribution < 1.29 is 4.79 Å². The molecule has 1 atom stereocenters. The summed E-state index contributed by atoms with van der Waals surface area (Å²) in [5.74, 6) is 0.00574. The fourth-order valence-corrected chi connectivity index (χ4v) is 3.10. The summed E-state index contributed by atoms with van der Waals surface area (Å²) < 4.78 is 0. The van der Waals surface area contributed by atoms with E-state index in [-0.39, 0.29) is 11.2 Å². The third-order valence-corrected chi connectivity index (χ3v) is 3.73. The SMILES string of the molecule is CC1(C)CC2(C=C(C#N)C1=O)CCCNC2. The molecule has 1 fully saturated rings. The van der Waals surface area contributed by atoms with Crippen molar-refractivity contribution >= 4 is 5.78 Å². The third kappa shape index (κ3) is 1.78. The summed E-state index contributed by atoms with van der Waals surface area (Å²) in [7, 11) is 0. The zero-order valence-corrected chi connectivity index (χ0v) is 9.97. The van der Waals surface area contributed by atoms with Crippen molar-refractivity contribution in [3.63, 3.8) is 0 Å². The van der Waals surface area contributed by atoms with E-state index >= 15 is 0 Å². The van der Waals surface area contributed by atoms with Crippen LogP contribution < -0.4 is 5.32 Å². The standard InChI is InChI=1S/C13H18N2O/c1-12(2)8-13(4-3-5-15-9-13)6-10(7-14)11(12)16/h6,15H,3-5,8-9H2,1-2H3. The molecule has 2 aliphatic rings. The summed E-state index contributed by atoms with van der Waals surface area (Å²) >= 11 is 0. The summed E-state index contributed by atoms with van der Waals surface area (Å²) in [5, 5.41) is 12.4. The highest BCUT2D eigenvalue weighted by Gasteiger charge is 2.45. The maximum atomic E-state index is 12.0. The zero-order valence-electron chi connectivity index (χ0n) is 9.97. The van der Waals surface area contributed by atoms with Crippen LogP contribution in [-0.4, -0.2) is 18.9 Å². The number of allylic oxidation sites excluding steroid dienone is 1. The molecule has 0 bridgehead atoms. The van der Waals surface area contributed by atoms with E-state index in [2.05, 4.69) is 11.4 Å². The number of ketones is 1. The fourth-order valence-electron chi connectivity index (χ4n) is 3.10. The Morgan fingerprint density at radius 2 is 2.25 bits per heavy atom. The van der Waals surface area contributed by atoms with Gasteiger partial charge in [0, 0.05) is 17.4 Å². The van der Waals surface area contributed by atoms with Gasteiger partial charge in [-0.15, -0.1) is 0 Å². The number of nitrogens with zero attached hydrogens (tertiary/aromatic N) is 1. The van der Waals surface area contributed by atoms with Crippen molar-refractivity contribution in [2.75, 3.05) is 13.1 Å². The fraction of sp³-hybridized carbons (Fsp3) is 0.692. The van der Waals surface area contributed by atoms with E-state index in [0.29, 0.717) is 5.57 Å². The van der Waals surface area contributed by atoms with Crippen molar-refractivity contribution in [2.24, 2.45) is 10.8 Å². The lowest BCUT2D eigenvalue weighted by Crippen LogP contribution is -2.46. The van der Waals surface area contributed by atoms with E-state index in [9.17, 15) is 4.79 Å². The number of hydrogen-bond donors (Lipinski definition) is 1. The number of carbonyl (C=O) groups is 1. The van der Waals surface area contributed by atoms with Gasteiger partial charge in [0.1, 0.15) is 6.07 Å². The molecule has 1 spiro atoms. The Labute approximate surface area is 96.5 Å². The van der Waals surface area contributed by atoms with E-state index in [1.807, 2.05) is 19.9 Å². The molecule has 1 unspecified atom stereocenters. The molecule has 1 aliphatic carbocycles. The quantitative estimate of drug-likeness (QED) is 0.674. The lowest BCUT2D eigenvalue weighted by atomic mass is 9.62. The Balaban J connectivity index is 2.39. The van der Waals surface area contributed by atoms with Crippen molar-refractivity contribution in [1.82, 2.24) is 5.32 Å². The molecule has 0 radical (unpaired) electrons. The van der Waals surface area contributed by atoms with Gasteiger partial charge in [0.2, 0.25) is 0 Å². The highest BCUT2D eigenvalue weighted by molar-refractivity contribution is 6.03. The molecule has 1 aliphatic heterocycles. The van der Waals surface area contributed by atoms with E-state index in [1.54, 1.807) is 0 Å². The number of piperidine rings is 1. The van der Waals surface area contributed by atoms with Crippen LogP contribution in [0.2, 0.25) is 0 Å². The smallest absolute Gasteiger partial charge is 0.178 e. The molecule has 0 aromatic heterocycles. The largest absolute Gasteiger partial charge is 0.316 e. The van der Waals surface area contributed by atoms with Gasteiger partial charge in [0.15, 0.2) is 5.78 Å². The van der Waals surface area contributed by atoms with Crippen LogP contribution in [0.1, 0.15) is 33.1 Å². The Kier molecular flexibility index (Phi) is 2.63. The van der Waals surface area contributed by atoms with Crippen LogP contribution in [0.5, 0.6) is 0 Å². The first-order valence-corrected chi connectivity index (χ1v) is 5.88. The van der Waals surface area contributed by atoms with Crippen molar-refractivity contribution in [2.45, 2.75) is 33.1 Å². The molecular formula is C13H18N2O. The molecule has 0 amide bonds. The van der Waals surface area contributed by atoms with Gasteiger partial charge in [-0.2, -0.15) is 5.26 Å². The first-order valence-electron chi connectivity index (χ1n) is 5.88. The van der Waals surface area contributed by atoms with Gasteiger partial charge in [0.05, 0.1) is 5.57 Å². The lowest BCUT2D eigenvalue weighted by molar-refractivity contribution is -0.125. The van der Waals surface area contributed by atoms with Crippen LogP contribution in [0.4, 0.5) is 0 Å². The average molecular weight is 218 g/mol. The molecule has 3 nitrogen and oxygen atoms in total. The molecule has 16 heavy (non-hydrogen) atoms. The van der Waals surface area contributed by atoms with E-state index in [4.69, 9.17) is 5.26 Å². The van der Waals surface area contributed by atoms with Crippen LogP contribution >= 0.6 is 0 Å². The number of carbonyl (C=O) groups excluding carboxylic acids is 1. The first kappa shape index (κ1) is 11.3.